The number of allylic oxidation sites excluding steroid dienone is 1. The molecule has 4 heteroatoms. The van der Waals surface area contributed by atoms with Crippen molar-refractivity contribution in [2.24, 2.45) is 0 Å². The number of carbonyl (C=O) groups is 2. The third kappa shape index (κ3) is 3.88. The Balaban J connectivity index is 2.71. The number of carboxylic acid groups (broad SMARTS) is 1. The lowest BCUT2D eigenvalue weighted by atomic mass is 10.0. The molecule has 0 bridgehead atoms. The number of aliphatic carboxylic acids is 1. The van der Waals surface area contributed by atoms with E-state index in [1.807, 2.05) is 6.92 Å². The Bertz CT molecular complexity index is 323. The first-order valence-corrected chi connectivity index (χ1v) is 6.26. The van der Waals surface area contributed by atoms with Crippen molar-refractivity contribution in [3.05, 3.63) is 11.6 Å². The second-order valence-corrected chi connectivity index (χ2v) is 4.62. The van der Waals surface area contributed by atoms with Gasteiger partial charge in [0.25, 0.3) is 0 Å². The van der Waals surface area contributed by atoms with Gasteiger partial charge in [-0.3, -0.25) is 4.79 Å². The highest BCUT2D eigenvalue weighted by Gasteiger charge is 2.30. The third-order valence-electron chi connectivity index (χ3n) is 3.09. The van der Waals surface area contributed by atoms with Gasteiger partial charge in [0, 0.05) is 12.6 Å². The number of carbonyl (C=O) groups excluding carboxylic acids is 1. The summed E-state index contributed by atoms with van der Waals surface area (Å²) in [6, 6.07) is -0.637. The smallest absolute Gasteiger partial charge is 0.326 e. The minimum absolute atomic E-state index is 0.150. The summed E-state index contributed by atoms with van der Waals surface area (Å²) in [6.07, 6.45) is 5.83. The fraction of sp³-hybridized carbons (Fsp3) is 0.692. The molecule has 1 unspecified atom stereocenters. The van der Waals surface area contributed by atoms with E-state index in [1.165, 1.54) is 4.90 Å². The molecule has 0 radical (unpaired) electrons. The van der Waals surface area contributed by atoms with Gasteiger partial charge in [-0.2, -0.15) is 0 Å². The molecular weight excluding hydrogens is 218 g/mol. The molecule has 1 aliphatic rings. The predicted octanol–water partition coefficient (Wildman–Crippen LogP) is 2.20. The quantitative estimate of drug-likeness (QED) is 0.765. The van der Waals surface area contributed by atoms with Gasteiger partial charge in [-0.05, 0) is 32.6 Å². The summed E-state index contributed by atoms with van der Waals surface area (Å²) in [6.45, 7) is 4.54. The molecule has 1 aliphatic heterocycles. The number of piperidine rings is 1. The molecule has 0 saturated carbocycles. The molecule has 1 rings (SSSR count). The summed E-state index contributed by atoms with van der Waals surface area (Å²) in [5.41, 5.74) is 1.02. The fourth-order valence-corrected chi connectivity index (χ4v) is 2.21. The first-order chi connectivity index (χ1) is 8.06. The van der Waals surface area contributed by atoms with E-state index in [9.17, 15) is 9.59 Å². The van der Waals surface area contributed by atoms with E-state index in [4.69, 9.17) is 5.11 Å². The number of carboxylic acids is 1. The van der Waals surface area contributed by atoms with Crippen molar-refractivity contribution in [3.63, 3.8) is 0 Å². The maximum Gasteiger partial charge on any atom is 0.326 e. The highest BCUT2D eigenvalue weighted by molar-refractivity contribution is 5.91. The van der Waals surface area contributed by atoms with Gasteiger partial charge in [0.1, 0.15) is 6.04 Å². The standard InChI is InChI=1S/C13H21NO3/c1-3-6-10(2)9-12(15)14-8-5-4-7-11(14)13(16)17/h9,11H,3-8H2,1-2H3,(H,16,17)/b10-9+. The first kappa shape index (κ1) is 13.7. The van der Waals surface area contributed by atoms with Crippen LogP contribution in [0.25, 0.3) is 0 Å². The lowest BCUT2D eigenvalue weighted by Gasteiger charge is -2.32. The predicted molar refractivity (Wildman–Crippen MR) is 65.7 cm³/mol. The number of likely N-dealkylation sites (tertiary alicyclic amines) is 1. The van der Waals surface area contributed by atoms with Crippen molar-refractivity contribution >= 4 is 11.9 Å². The Labute approximate surface area is 102 Å². The third-order valence-corrected chi connectivity index (χ3v) is 3.09. The topological polar surface area (TPSA) is 57.6 Å². The van der Waals surface area contributed by atoms with E-state index in [-0.39, 0.29) is 5.91 Å². The van der Waals surface area contributed by atoms with E-state index in [0.717, 1.165) is 31.3 Å². The van der Waals surface area contributed by atoms with E-state index < -0.39 is 12.0 Å². The molecule has 0 aromatic rings. The normalized spacial score (nSPS) is 21.4. The van der Waals surface area contributed by atoms with Crippen molar-refractivity contribution in [2.75, 3.05) is 6.54 Å². The molecule has 17 heavy (non-hydrogen) atoms. The van der Waals surface area contributed by atoms with Crippen LogP contribution < -0.4 is 0 Å². The molecule has 1 atom stereocenters. The average molecular weight is 239 g/mol. The van der Waals surface area contributed by atoms with Crippen LogP contribution >= 0.6 is 0 Å². The van der Waals surface area contributed by atoms with Crippen molar-refractivity contribution < 1.29 is 14.7 Å². The van der Waals surface area contributed by atoms with Crippen LogP contribution in [0.1, 0.15) is 46.0 Å². The van der Waals surface area contributed by atoms with Crippen LogP contribution in [0.4, 0.5) is 0 Å². The van der Waals surface area contributed by atoms with Crippen LogP contribution in [0.2, 0.25) is 0 Å². The highest BCUT2D eigenvalue weighted by Crippen LogP contribution is 2.18. The van der Waals surface area contributed by atoms with Gasteiger partial charge in [0.15, 0.2) is 0 Å². The maximum absolute atomic E-state index is 12.0. The van der Waals surface area contributed by atoms with Gasteiger partial charge in [0.05, 0.1) is 0 Å². The second-order valence-electron chi connectivity index (χ2n) is 4.62. The zero-order valence-corrected chi connectivity index (χ0v) is 10.6. The van der Waals surface area contributed by atoms with Gasteiger partial charge < -0.3 is 10.0 Å². The van der Waals surface area contributed by atoms with Crippen LogP contribution in [0.3, 0.4) is 0 Å². The van der Waals surface area contributed by atoms with Crippen LogP contribution in [-0.2, 0) is 9.59 Å². The molecule has 0 aromatic carbocycles. The minimum atomic E-state index is -0.889. The molecular formula is C13H21NO3. The molecule has 0 aliphatic carbocycles. The van der Waals surface area contributed by atoms with E-state index in [0.29, 0.717) is 13.0 Å². The van der Waals surface area contributed by atoms with Crippen molar-refractivity contribution in [2.45, 2.75) is 52.0 Å². The molecule has 1 N–H and O–H groups in total. The van der Waals surface area contributed by atoms with Gasteiger partial charge in [-0.15, -0.1) is 0 Å². The summed E-state index contributed by atoms with van der Waals surface area (Å²) in [7, 11) is 0. The average Bonchev–Trinajstić information content (AvgIpc) is 2.29. The SMILES string of the molecule is CCC/C(C)=C/C(=O)N1CCCCC1C(=O)O. The van der Waals surface area contributed by atoms with Crippen LogP contribution in [0.15, 0.2) is 11.6 Å². The number of hydrogen-bond donors (Lipinski definition) is 1. The molecule has 4 nitrogen and oxygen atoms in total. The van der Waals surface area contributed by atoms with Crippen molar-refractivity contribution in [1.82, 2.24) is 4.90 Å². The van der Waals surface area contributed by atoms with Crippen LogP contribution in [-0.4, -0.2) is 34.5 Å². The van der Waals surface area contributed by atoms with Gasteiger partial charge in [-0.1, -0.05) is 18.9 Å². The zero-order valence-electron chi connectivity index (χ0n) is 10.6. The van der Waals surface area contributed by atoms with Crippen molar-refractivity contribution in [1.29, 1.82) is 0 Å². The first-order valence-electron chi connectivity index (χ1n) is 6.26. The molecule has 1 heterocycles. The van der Waals surface area contributed by atoms with Gasteiger partial charge in [-0.25, -0.2) is 4.79 Å². The number of amides is 1. The summed E-state index contributed by atoms with van der Waals surface area (Å²) in [4.78, 5) is 24.5. The lowest BCUT2D eigenvalue weighted by Crippen LogP contribution is -2.47. The second kappa shape index (κ2) is 6.42. The molecule has 0 aromatic heterocycles. The number of rotatable bonds is 4. The highest BCUT2D eigenvalue weighted by atomic mass is 16.4. The monoisotopic (exact) mass is 239 g/mol. The lowest BCUT2D eigenvalue weighted by molar-refractivity contribution is -0.150. The maximum atomic E-state index is 12.0. The Kier molecular flexibility index (Phi) is 5.19. The van der Waals surface area contributed by atoms with E-state index in [2.05, 4.69) is 6.92 Å². The van der Waals surface area contributed by atoms with Gasteiger partial charge in [0.2, 0.25) is 5.91 Å². The summed E-state index contributed by atoms with van der Waals surface area (Å²) < 4.78 is 0. The molecule has 1 saturated heterocycles. The van der Waals surface area contributed by atoms with Gasteiger partial charge >= 0.3 is 5.97 Å². The largest absolute Gasteiger partial charge is 0.480 e. The van der Waals surface area contributed by atoms with Crippen molar-refractivity contribution in [3.8, 4) is 0 Å². The molecule has 1 amide bonds. The minimum Gasteiger partial charge on any atom is -0.480 e. The fourth-order valence-electron chi connectivity index (χ4n) is 2.21. The van der Waals surface area contributed by atoms with Crippen LogP contribution in [0.5, 0.6) is 0 Å². The molecule has 96 valence electrons. The summed E-state index contributed by atoms with van der Waals surface area (Å²) in [5.74, 6) is -1.04. The summed E-state index contributed by atoms with van der Waals surface area (Å²) in [5, 5.41) is 9.08. The van der Waals surface area contributed by atoms with Crippen LogP contribution in [0, 0.1) is 0 Å². The Hall–Kier alpha value is -1.32. The Morgan fingerprint density at radius 2 is 2.12 bits per heavy atom. The summed E-state index contributed by atoms with van der Waals surface area (Å²) >= 11 is 0. The zero-order chi connectivity index (χ0) is 12.8. The number of nitrogens with zero attached hydrogens (tertiary/aromatic N) is 1. The number of hydrogen-bond acceptors (Lipinski definition) is 2. The van der Waals surface area contributed by atoms with E-state index >= 15 is 0 Å². The molecule has 0 spiro atoms. The molecule has 1 fully saturated rings. The Morgan fingerprint density at radius 3 is 2.71 bits per heavy atom. The van der Waals surface area contributed by atoms with E-state index in [1.54, 1.807) is 6.08 Å². The Morgan fingerprint density at radius 1 is 1.41 bits per heavy atom.